The summed E-state index contributed by atoms with van der Waals surface area (Å²) in [4.78, 5) is 0. The molecule has 0 rings (SSSR count). The summed E-state index contributed by atoms with van der Waals surface area (Å²) in [6, 6.07) is 0. The fourth-order valence-electron chi connectivity index (χ4n) is 0.796. The molecule has 0 saturated heterocycles. The maximum Gasteiger partial charge on any atom is 0.0832 e. The van der Waals surface area contributed by atoms with Gasteiger partial charge >= 0.3 is 0 Å². The molecule has 0 saturated carbocycles. The van der Waals surface area contributed by atoms with E-state index in [4.69, 9.17) is 4.74 Å². The standard InChI is InChI=1S/C9H20N2OSi/c1-8(9(2)13-4)7-11-10-5-6-12-3/h5-7,13H2,1-4H3/b9-8+,11-10?. The molecule has 76 valence electrons. The Hall–Kier alpha value is -0.483. The van der Waals surface area contributed by atoms with Gasteiger partial charge in [-0.3, -0.25) is 0 Å². The van der Waals surface area contributed by atoms with Crippen molar-refractivity contribution in [3.05, 3.63) is 10.8 Å². The highest BCUT2D eigenvalue weighted by Crippen LogP contribution is 2.01. The minimum absolute atomic E-state index is 0.000330. The Labute approximate surface area is 83.1 Å². The number of ether oxygens (including phenoxy) is 1. The first kappa shape index (κ1) is 12.5. The van der Waals surface area contributed by atoms with E-state index in [1.165, 1.54) is 5.57 Å². The van der Waals surface area contributed by atoms with E-state index in [9.17, 15) is 0 Å². The average Bonchev–Trinajstić information content (AvgIpc) is 2.16. The molecule has 0 aromatic carbocycles. The van der Waals surface area contributed by atoms with Crippen molar-refractivity contribution in [3.8, 4) is 0 Å². The predicted molar refractivity (Wildman–Crippen MR) is 59.2 cm³/mol. The molecule has 0 N–H and O–H groups in total. The van der Waals surface area contributed by atoms with Gasteiger partial charge in [0.15, 0.2) is 0 Å². The molecule has 0 radical (unpaired) electrons. The second-order valence-electron chi connectivity index (χ2n) is 3.07. The minimum Gasteiger partial charge on any atom is -0.383 e. The van der Waals surface area contributed by atoms with Gasteiger partial charge in [-0.1, -0.05) is 17.3 Å². The number of rotatable bonds is 6. The van der Waals surface area contributed by atoms with Crippen molar-refractivity contribution in [2.75, 3.05) is 26.8 Å². The number of nitrogens with zero attached hydrogens (tertiary/aromatic N) is 2. The number of azo groups is 1. The van der Waals surface area contributed by atoms with Gasteiger partial charge in [0.2, 0.25) is 0 Å². The van der Waals surface area contributed by atoms with Gasteiger partial charge in [-0.2, -0.15) is 10.2 Å². The molecule has 4 heteroatoms. The van der Waals surface area contributed by atoms with Crippen LogP contribution in [0.2, 0.25) is 6.55 Å². The molecule has 0 aliphatic carbocycles. The smallest absolute Gasteiger partial charge is 0.0832 e. The monoisotopic (exact) mass is 200 g/mol. The zero-order valence-electron chi connectivity index (χ0n) is 9.13. The van der Waals surface area contributed by atoms with Gasteiger partial charge in [0, 0.05) is 16.6 Å². The van der Waals surface area contributed by atoms with Crippen LogP contribution >= 0.6 is 0 Å². The van der Waals surface area contributed by atoms with Gasteiger partial charge in [0.1, 0.15) is 0 Å². The second-order valence-corrected chi connectivity index (χ2v) is 4.84. The lowest BCUT2D eigenvalue weighted by atomic mass is 10.3. The highest BCUT2D eigenvalue weighted by Gasteiger charge is 1.92. The molecule has 0 aromatic heterocycles. The van der Waals surface area contributed by atoms with Crippen LogP contribution < -0.4 is 0 Å². The molecule has 0 bridgehead atoms. The predicted octanol–water partition coefficient (Wildman–Crippen LogP) is 1.60. The molecule has 0 atom stereocenters. The summed E-state index contributed by atoms with van der Waals surface area (Å²) < 4.78 is 4.86. The third-order valence-corrected chi connectivity index (χ3v) is 3.73. The van der Waals surface area contributed by atoms with Gasteiger partial charge in [0.05, 0.1) is 19.7 Å². The normalized spacial score (nSPS) is 14.5. The van der Waals surface area contributed by atoms with Crippen LogP contribution in [-0.2, 0) is 4.74 Å². The summed E-state index contributed by atoms with van der Waals surface area (Å²) in [7, 11) is 1.67. The van der Waals surface area contributed by atoms with Crippen LogP contribution in [0.15, 0.2) is 21.0 Å². The Kier molecular flexibility index (Phi) is 7.83. The SMILES string of the molecule is COCCN=NC/C(C)=C(\C)[SiH2]C. The van der Waals surface area contributed by atoms with Gasteiger partial charge in [-0.05, 0) is 13.8 Å². The van der Waals surface area contributed by atoms with Crippen LogP contribution in [0.5, 0.6) is 0 Å². The summed E-state index contributed by atoms with van der Waals surface area (Å²) in [6.07, 6.45) is 0. The molecule has 0 amide bonds. The van der Waals surface area contributed by atoms with Gasteiger partial charge < -0.3 is 4.74 Å². The molecule has 13 heavy (non-hydrogen) atoms. The third kappa shape index (κ3) is 6.66. The van der Waals surface area contributed by atoms with Crippen molar-refractivity contribution < 1.29 is 4.74 Å². The molecule has 0 spiro atoms. The second kappa shape index (κ2) is 8.13. The first-order valence-electron chi connectivity index (χ1n) is 4.69. The first-order valence-corrected chi connectivity index (χ1v) is 6.81. The number of hydrogen-bond donors (Lipinski definition) is 0. The van der Waals surface area contributed by atoms with Crippen LogP contribution in [0.4, 0.5) is 0 Å². The molecule has 0 unspecified atom stereocenters. The van der Waals surface area contributed by atoms with E-state index in [1.54, 1.807) is 12.3 Å². The zero-order chi connectivity index (χ0) is 10.1. The molecule has 0 fully saturated rings. The summed E-state index contributed by atoms with van der Waals surface area (Å²) in [5.74, 6) is 0. The Morgan fingerprint density at radius 2 is 2.00 bits per heavy atom. The van der Waals surface area contributed by atoms with E-state index in [0.29, 0.717) is 13.2 Å². The lowest BCUT2D eigenvalue weighted by molar-refractivity contribution is 0.206. The van der Waals surface area contributed by atoms with Crippen LogP contribution in [0.25, 0.3) is 0 Å². The van der Waals surface area contributed by atoms with Gasteiger partial charge in [0.25, 0.3) is 0 Å². The Morgan fingerprint density at radius 3 is 2.54 bits per heavy atom. The molecular weight excluding hydrogens is 180 g/mol. The zero-order valence-corrected chi connectivity index (χ0v) is 10.5. The lowest BCUT2D eigenvalue weighted by Gasteiger charge is -2.00. The van der Waals surface area contributed by atoms with Crippen molar-refractivity contribution in [3.63, 3.8) is 0 Å². The maximum atomic E-state index is 4.86. The van der Waals surface area contributed by atoms with Crippen LogP contribution in [0.1, 0.15) is 13.8 Å². The van der Waals surface area contributed by atoms with Crippen LogP contribution in [0.3, 0.4) is 0 Å². The maximum absolute atomic E-state index is 4.86. The quantitative estimate of drug-likeness (QED) is 0.364. The van der Waals surface area contributed by atoms with Crippen LogP contribution in [0, 0.1) is 0 Å². The fraction of sp³-hybridized carbons (Fsp3) is 0.778. The minimum atomic E-state index is 0.000330. The number of allylic oxidation sites excluding steroid dienone is 1. The van der Waals surface area contributed by atoms with Crippen molar-refractivity contribution in [1.82, 2.24) is 0 Å². The average molecular weight is 200 g/mol. The molecule has 0 heterocycles. The molecule has 0 aliphatic heterocycles. The van der Waals surface area contributed by atoms with E-state index < -0.39 is 0 Å². The topological polar surface area (TPSA) is 34.0 Å². The molecule has 0 aliphatic rings. The Balaban J connectivity index is 3.69. The van der Waals surface area contributed by atoms with E-state index >= 15 is 0 Å². The van der Waals surface area contributed by atoms with E-state index in [2.05, 4.69) is 30.6 Å². The highest BCUT2D eigenvalue weighted by molar-refractivity contribution is 6.43. The van der Waals surface area contributed by atoms with Crippen LogP contribution in [-0.4, -0.2) is 36.3 Å². The first-order chi connectivity index (χ1) is 6.22. The van der Waals surface area contributed by atoms with Crippen molar-refractivity contribution in [2.24, 2.45) is 10.2 Å². The Morgan fingerprint density at radius 1 is 1.31 bits per heavy atom. The summed E-state index contributed by atoms with van der Waals surface area (Å²) in [5.41, 5.74) is 1.38. The van der Waals surface area contributed by atoms with Gasteiger partial charge in [-0.15, -0.1) is 0 Å². The highest BCUT2D eigenvalue weighted by atomic mass is 28.2. The van der Waals surface area contributed by atoms with E-state index in [0.717, 1.165) is 6.54 Å². The Bertz CT molecular complexity index is 190. The number of hydrogen-bond acceptors (Lipinski definition) is 3. The van der Waals surface area contributed by atoms with Gasteiger partial charge in [-0.25, -0.2) is 0 Å². The lowest BCUT2D eigenvalue weighted by Crippen LogP contribution is -1.95. The van der Waals surface area contributed by atoms with E-state index in [-0.39, 0.29) is 9.52 Å². The fourth-order valence-corrected chi connectivity index (χ4v) is 1.51. The molecular formula is C9H20N2OSi. The van der Waals surface area contributed by atoms with E-state index in [1.807, 2.05) is 0 Å². The number of methoxy groups -OCH3 is 1. The molecule has 0 aromatic rings. The summed E-state index contributed by atoms with van der Waals surface area (Å²) >= 11 is 0. The largest absolute Gasteiger partial charge is 0.383 e. The summed E-state index contributed by atoms with van der Waals surface area (Å²) in [6.45, 7) is 8.73. The van der Waals surface area contributed by atoms with Crippen molar-refractivity contribution in [2.45, 2.75) is 20.4 Å². The summed E-state index contributed by atoms with van der Waals surface area (Å²) in [5, 5.41) is 9.63. The van der Waals surface area contributed by atoms with Crippen molar-refractivity contribution in [1.29, 1.82) is 0 Å². The molecule has 3 nitrogen and oxygen atoms in total. The third-order valence-electron chi connectivity index (χ3n) is 2.06. The van der Waals surface area contributed by atoms with Crippen molar-refractivity contribution >= 4 is 9.52 Å².